The number of thiophene rings is 1. The van der Waals surface area contributed by atoms with Gasteiger partial charge < -0.3 is 10.2 Å². The van der Waals surface area contributed by atoms with Crippen molar-refractivity contribution in [2.45, 2.75) is 51.6 Å². The first-order valence-electron chi connectivity index (χ1n) is 6.97. The summed E-state index contributed by atoms with van der Waals surface area (Å²) in [5.74, 6) is 0. The largest absolute Gasteiger partial charge is 0.310 e. The molecule has 1 N–H and O–H groups in total. The lowest BCUT2D eigenvalue weighted by Gasteiger charge is -2.19. The molecular formula is C15H26N2S. The first-order valence-corrected chi connectivity index (χ1v) is 7.78. The Morgan fingerprint density at radius 1 is 1.39 bits per heavy atom. The summed E-state index contributed by atoms with van der Waals surface area (Å²) >= 11 is 1.95. The molecule has 1 unspecified atom stereocenters. The highest BCUT2D eigenvalue weighted by Gasteiger charge is 2.20. The van der Waals surface area contributed by atoms with Crippen LogP contribution in [0.5, 0.6) is 0 Å². The van der Waals surface area contributed by atoms with Gasteiger partial charge in [0.1, 0.15) is 0 Å². The van der Waals surface area contributed by atoms with Gasteiger partial charge in [0, 0.05) is 28.9 Å². The fourth-order valence-electron chi connectivity index (χ4n) is 2.48. The van der Waals surface area contributed by atoms with Crippen LogP contribution >= 0.6 is 11.3 Å². The first kappa shape index (κ1) is 14.0. The van der Waals surface area contributed by atoms with E-state index in [2.05, 4.69) is 50.2 Å². The molecule has 0 spiro atoms. The highest BCUT2D eigenvalue weighted by Crippen LogP contribution is 2.29. The molecule has 1 saturated heterocycles. The summed E-state index contributed by atoms with van der Waals surface area (Å²) in [6.07, 6.45) is 2.71. The number of nitrogens with zero attached hydrogens (tertiary/aromatic N) is 1. The predicted molar refractivity (Wildman–Crippen MR) is 80.4 cm³/mol. The monoisotopic (exact) mass is 266 g/mol. The lowest BCUT2D eigenvalue weighted by Crippen LogP contribution is -2.35. The second-order valence-corrected chi connectivity index (χ2v) is 7.59. The van der Waals surface area contributed by atoms with Gasteiger partial charge in [-0.15, -0.1) is 11.3 Å². The average Bonchev–Trinajstić information content (AvgIpc) is 2.88. The van der Waals surface area contributed by atoms with Crippen LogP contribution in [-0.2, 0) is 12.0 Å². The minimum atomic E-state index is 0.286. The van der Waals surface area contributed by atoms with E-state index in [0.717, 1.165) is 19.1 Å². The van der Waals surface area contributed by atoms with Crippen LogP contribution in [0.1, 0.15) is 43.4 Å². The maximum absolute atomic E-state index is 3.61. The Labute approximate surface area is 115 Å². The summed E-state index contributed by atoms with van der Waals surface area (Å²) in [4.78, 5) is 5.42. The first-order chi connectivity index (χ1) is 8.47. The second-order valence-electron chi connectivity index (χ2n) is 6.42. The van der Waals surface area contributed by atoms with E-state index < -0.39 is 0 Å². The van der Waals surface area contributed by atoms with Crippen LogP contribution in [0.15, 0.2) is 12.1 Å². The second kappa shape index (κ2) is 5.72. The van der Waals surface area contributed by atoms with E-state index in [-0.39, 0.29) is 5.41 Å². The van der Waals surface area contributed by atoms with Gasteiger partial charge in [0.15, 0.2) is 0 Å². The molecule has 2 rings (SSSR count). The highest BCUT2D eigenvalue weighted by molar-refractivity contribution is 7.12. The fraction of sp³-hybridized carbons (Fsp3) is 0.733. The van der Waals surface area contributed by atoms with Gasteiger partial charge in [-0.25, -0.2) is 0 Å². The zero-order chi connectivity index (χ0) is 13.2. The molecule has 1 atom stereocenters. The normalized spacial score (nSPS) is 21.7. The standard InChI is InChI=1S/C15H26N2S/c1-15(2,3)14-8-7-13(18-14)11-16-10-12-6-5-9-17(12)4/h7-8,12,16H,5-6,9-11H2,1-4H3. The summed E-state index contributed by atoms with van der Waals surface area (Å²) in [5, 5.41) is 3.61. The van der Waals surface area contributed by atoms with Gasteiger partial charge in [-0.1, -0.05) is 20.8 Å². The lowest BCUT2D eigenvalue weighted by molar-refractivity contribution is 0.300. The summed E-state index contributed by atoms with van der Waals surface area (Å²) in [7, 11) is 2.24. The number of likely N-dealkylation sites (tertiary alicyclic amines) is 1. The van der Waals surface area contributed by atoms with E-state index >= 15 is 0 Å². The highest BCUT2D eigenvalue weighted by atomic mass is 32.1. The van der Waals surface area contributed by atoms with E-state index in [1.165, 1.54) is 29.1 Å². The number of hydrogen-bond acceptors (Lipinski definition) is 3. The minimum absolute atomic E-state index is 0.286. The SMILES string of the molecule is CN1CCCC1CNCc1ccc(C(C)(C)C)s1. The Bertz CT molecular complexity index is 378. The number of rotatable bonds is 4. The van der Waals surface area contributed by atoms with Crippen LogP contribution in [0.2, 0.25) is 0 Å². The molecule has 18 heavy (non-hydrogen) atoms. The van der Waals surface area contributed by atoms with E-state index in [1.54, 1.807) is 0 Å². The third kappa shape index (κ3) is 3.56. The van der Waals surface area contributed by atoms with Crippen molar-refractivity contribution < 1.29 is 0 Å². The quantitative estimate of drug-likeness (QED) is 0.900. The maximum Gasteiger partial charge on any atom is 0.0300 e. The molecule has 0 amide bonds. The van der Waals surface area contributed by atoms with Gasteiger partial charge in [-0.3, -0.25) is 0 Å². The van der Waals surface area contributed by atoms with Crippen LogP contribution in [0.3, 0.4) is 0 Å². The van der Waals surface area contributed by atoms with Crippen molar-refractivity contribution in [3.8, 4) is 0 Å². The number of hydrogen-bond donors (Lipinski definition) is 1. The molecule has 1 aliphatic rings. The van der Waals surface area contributed by atoms with Gasteiger partial charge in [-0.2, -0.15) is 0 Å². The number of nitrogens with one attached hydrogen (secondary N) is 1. The van der Waals surface area contributed by atoms with Crippen LogP contribution in [0, 0.1) is 0 Å². The molecule has 1 aromatic heterocycles. The third-order valence-electron chi connectivity index (χ3n) is 3.75. The van der Waals surface area contributed by atoms with E-state index in [0.29, 0.717) is 0 Å². The van der Waals surface area contributed by atoms with Crippen molar-refractivity contribution in [1.29, 1.82) is 0 Å². The molecule has 1 aliphatic heterocycles. The molecule has 3 heteroatoms. The smallest absolute Gasteiger partial charge is 0.0300 e. The van der Waals surface area contributed by atoms with Crippen LogP contribution in [0.25, 0.3) is 0 Å². The summed E-state index contributed by atoms with van der Waals surface area (Å²) in [6, 6.07) is 5.30. The van der Waals surface area contributed by atoms with E-state index in [9.17, 15) is 0 Å². The Balaban J connectivity index is 1.78. The summed E-state index contributed by atoms with van der Waals surface area (Å²) in [5.41, 5.74) is 0.286. The molecular weight excluding hydrogens is 240 g/mol. The minimum Gasteiger partial charge on any atom is -0.310 e. The van der Waals surface area contributed by atoms with E-state index in [4.69, 9.17) is 0 Å². The van der Waals surface area contributed by atoms with Crippen molar-refractivity contribution in [3.63, 3.8) is 0 Å². The molecule has 1 fully saturated rings. The number of likely N-dealkylation sites (N-methyl/N-ethyl adjacent to an activating group) is 1. The molecule has 0 radical (unpaired) electrons. The molecule has 0 saturated carbocycles. The van der Waals surface area contributed by atoms with E-state index in [1.807, 2.05) is 11.3 Å². The molecule has 2 nitrogen and oxygen atoms in total. The zero-order valence-corrected chi connectivity index (χ0v) is 12.9. The lowest BCUT2D eigenvalue weighted by atomic mass is 9.95. The van der Waals surface area contributed by atoms with Gasteiger partial charge in [0.2, 0.25) is 0 Å². The predicted octanol–water partition coefficient (Wildman–Crippen LogP) is 3.23. The Kier molecular flexibility index (Phi) is 4.46. The Morgan fingerprint density at radius 3 is 2.72 bits per heavy atom. The third-order valence-corrected chi connectivity index (χ3v) is 5.26. The topological polar surface area (TPSA) is 15.3 Å². The van der Waals surface area contributed by atoms with Crippen molar-refractivity contribution in [1.82, 2.24) is 10.2 Å². The van der Waals surface area contributed by atoms with Crippen LogP contribution in [0.4, 0.5) is 0 Å². The Morgan fingerprint density at radius 2 is 2.17 bits per heavy atom. The summed E-state index contributed by atoms with van der Waals surface area (Å²) < 4.78 is 0. The maximum atomic E-state index is 3.61. The molecule has 0 aromatic carbocycles. The van der Waals surface area contributed by atoms with Gasteiger partial charge >= 0.3 is 0 Å². The van der Waals surface area contributed by atoms with Gasteiger partial charge in [-0.05, 0) is 44.0 Å². The summed E-state index contributed by atoms with van der Waals surface area (Å²) in [6.45, 7) is 10.3. The van der Waals surface area contributed by atoms with Gasteiger partial charge in [0.05, 0.1) is 0 Å². The molecule has 1 aromatic rings. The molecule has 0 aliphatic carbocycles. The average molecular weight is 266 g/mol. The Hall–Kier alpha value is -0.380. The molecule has 0 bridgehead atoms. The van der Waals surface area contributed by atoms with Crippen molar-refractivity contribution >= 4 is 11.3 Å². The van der Waals surface area contributed by atoms with Crippen LogP contribution in [-0.4, -0.2) is 31.1 Å². The molecule has 102 valence electrons. The van der Waals surface area contributed by atoms with Crippen LogP contribution < -0.4 is 5.32 Å². The van der Waals surface area contributed by atoms with Gasteiger partial charge in [0.25, 0.3) is 0 Å². The van der Waals surface area contributed by atoms with Crippen molar-refractivity contribution in [2.75, 3.05) is 20.1 Å². The molecule has 2 heterocycles. The fourth-order valence-corrected chi connectivity index (χ4v) is 3.51. The van der Waals surface area contributed by atoms with Crippen molar-refractivity contribution in [2.24, 2.45) is 0 Å². The zero-order valence-electron chi connectivity index (χ0n) is 12.1. The van der Waals surface area contributed by atoms with Crippen molar-refractivity contribution in [3.05, 3.63) is 21.9 Å².